The quantitative estimate of drug-likeness (QED) is 0.778. The minimum atomic E-state index is -1.14. The standard InChI is InChI=1S/C14H17N3O3/c1-3-17-9(2)10(8-16-17)7-15-11-4-5-12(14(19)20)13(18)6-11/h4-6,8,15,18H,3,7H2,1-2H3,(H,19,20). The van der Waals surface area contributed by atoms with E-state index in [0.717, 1.165) is 17.8 Å². The molecule has 0 bridgehead atoms. The summed E-state index contributed by atoms with van der Waals surface area (Å²) in [7, 11) is 0. The first-order valence-corrected chi connectivity index (χ1v) is 6.34. The molecule has 106 valence electrons. The topological polar surface area (TPSA) is 87.4 Å². The Labute approximate surface area is 116 Å². The monoisotopic (exact) mass is 275 g/mol. The summed E-state index contributed by atoms with van der Waals surface area (Å²) in [6, 6.07) is 4.41. The number of benzene rings is 1. The molecule has 0 saturated heterocycles. The lowest BCUT2D eigenvalue weighted by Gasteiger charge is -2.08. The Morgan fingerprint density at radius 2 is 2.20 bits per heavy atom. The summed E-state index contributed by atoms with van der Waals surface area (Å²) in [5.41, 5.74) is 2.71. The third kappa shape index (κ3) is 2.74. The molecule has 1 aromatic heterocycles. The molecule has 0 fully saturated rings. The summed E-state index contributed by atoms with van der Waals surface area (Å²) in [5.74, 6) is -1.39. The predicted octanol–water partition coefficient (Wildman–Crippen LogP) is 2.23. The Hall–Kier alpha value is -2.50. The molecule has 1 aromatic carbocycles. The molecule has 0 spiro atoms. The smallest absolute Gasteiger partial charge is 0.339 e. The van der Waals surface area contributed by atoms with Crippen LogP contribution in [0.2, 0.25) is 0 Å². The van der Waals surface area contributed by atoms with Crippen molar-refractivity contribution < 1.29 is 15.0 Å². The van der Waals surface area contributed by atoms with E-state index in [2.05, 4.69) is 10.4 Å². The Morgan fingerprint density at radius 1 is 1.45 bits per heavy atom. The molecule has 6 nitrogen and oxygen atoms in total. The number of anilines is 1. The maximum absolute atomic E-state index is 10.8. The van der Waals surface area contributed by atoms with Gasteiger partial charge >= 0.3 is 5.97 Å². The second-order valence-corrected chi connectivity index (χ2v) is 4.46. The van der Waals surface area contributed by atoms with Crippen LogP contribution >= 0.6 is 0 Å². The van der Waals surface area contributed by atoms with Gasteiger partial charge in [-0.3, -0.25) is 4.68 Å². The molecule has 0 aliphatic rings. The maximum atomic E-state index is 10.8. The van der Waals surface area contributed by atoms with Gasteiger partial charge < -0.3 is 15.5 Å². The number of carboxylic acids is 1. The van der Waals surface area contributed by atoms with Crippen molar-refractivity contribution in [3.8, 4) is 5.75 Å². The summed E-state index contributed by atoms with van der Waals surface area (Å²) in [4.78, 5) is 10.8. The number of nitrogens with zero attached hydrogens (tertiary/aromatic N) is 2. The minimum Gasteiger partial charge on any atom is -0.507 e. The third-order valence-corrected chi connectivity index (χ3v) is 3.22. The first kappa shape index (κ1) is 13.9. The Morgan fingerprint density at radius 3 is 2.75 bits per heavy atom. The van der Waals surface area contributed by atoms with Crippen molar-refractivity contribution in [1.82, 2.24) is 9.78 Å². The Bertz CT molecular complexity index is 635. The molecule has 6 heteroatoms. The highest BCUT2D eigenvalue weighted by molar-refractivity contribution is 5.91. The highest BCUT2D eigenvalue weighted by atomic mass is 16.4. The normalized spacial score (nSPS) is 10.5. The number of aromatic carboxylic acids is 1. The van der Waals surface area contributed by atoms with E-state index in [-0.39, 0.29) is 11.3 Å². The van der Waals surface area contributed by atoms with Crippen LogP contribution < -0.4 is 5.32 Å². The summed E-state index contributed by atoms with van der Waals surface area (Å²) in [5, 5.41) is 25.8. The SMILES string of the molecule is CCn1ncc(CNc2ccc(C(=O)O)c(O)c2)c1C. The van der Waals surface area contributed by atoms with E-state index in [0.29, 0.717) is 12.2 Å². The number of hydrogen-bond donors (Lipinski definition) is 3. The second kappa shape index (κ2) is 5.64. The first-order chi connectivity index (χ1) is 9.52. The van der Waals surface area contributed by atoms with Gasteiger partial charge in [0.05, 0.1) is 6.20 Å². The Balaban J connectivity index is 2.09. The molecular weight excluding hydrogens is 258 g/mol. The zero-order valence-electron chi connectivity index (χ0n) is 11.4. The lowest BCUT2D eigenvalue weighted by Crippen LogP contribution is -2.03. The highest BCUT2D eigenvalue weighted by Crippen LogP contribution is 2.22. The molecule has 2 rings (SSSR count). The molecule has 0 amide bonds. The zero-order chi connectivity index (χ0) is 14.7. The van der Waals surface area contributed by atoms with E-state index < -0.39 is 5.97 Å². The molecule has 20 heavy (non-hydrogen) atoms. The number of carbonyl (C=O) groups is 1. The van der Waals surface area contributed by atoms with Crippen molar-refractivity contribution in [1.29, 1.82) is 0 Å². The van der Waals surface area contributed by atoms with Crippen LogP contribution in [0, 0.1) is 6.92 Å². The largest absolute Gasteiger partial charge is 0.507 e. The van der Waals surface area contributed by atoms with E-state index in [9.17, 15) is 9.90 Å². The molecule has 2 aromatic rings. The average Bonchev–Trinajstić information content (AvgIpc) is 2.76. The molecule has 0 atom stereocenters. The van der Waals surface area contributed by atoms with Crippen molar-refractivity contribution in [2.75, 3.05) is 5.32 Å². The molecule has 1 heterocycles. The van der Waals surface area contributed by atoms with Gasteiger partial charge in [0.1, 0.15) is 11.3 Å². The van der Waals surface area contributed by atoms with E-state index in [1.807, 2.05) is 18.5 Å². The number of hydrogen-bond acceptors (Lipinski definition) is 4. The van der Waals surface area contributed by atoms with Crippen LogP contribution in [-0.4, -0.2) is 26.0 Å². The summed E-state index contributed by atoms with van der Waals surface area (Å²) >= 11 is 0. The van der Waals surface area contributed by atoms with Gasteiger partial charge in [0.25, 0.3) is 0 Å². The van der Waals surface area contributed by atoms with Gasteiger partial charge in [0, 0.05) is 36.1 Å². The van der Waals surface area contributed by atoms with Crippen molar-refractivity contribution in [3.05, 3.63) is 41.2 Å². The predicted molar refractivity (Wildman–Crippen MR) is 75.0 cm³/mol. The van der Waals surface area contributed by atoms with E-state index >= 15 is 0 Å². The molecular formula is C14H17N3O3. The number of aromatic nitrogens is 2. The van der Waals surface area contributed by atoms with Gasteiger partial charge in [0.15, 0.2) is 0 Å². The number of aryl methyl sites for hydroxylation is 1. The van der Waals surface area contributed by atoms with Crippen LogP contribution in [-0.2, 0) is 13.1 Å². The summed E-state index contributed by atoms with van der Waals surface area (Å²) < 4.78 is 1.90. The van der Waals surface area contributed by atoms with Crippen molar-refractivity contribution >= 4 is 11.7 Å². The van der Waals surface area contributed by atoms with Gasteiger partial charge in [0.2, 0.25) is 0 Å². The fraction of sp³-hybridized carbons (Fsp3) is 0.286. The highest BCUT2D eigenvalue weighted by Gasteiger charge is 2.10. The van der Waals surface area contributed by atoms with Crippen LogP contribution in [0.25, 0.3) is 0 Å². The van der Waals surface area contributed by atoms with Crippen molar-refractivity contribution in [2.24, 2.45) is 0 Å². The molecule has 3 N–H and O–H groups in total. The van der Waals surface area contributed by atoms with Gasteiger partial charge in [-0.15, -0.1) is 0 Å². The third-order valence-electron chi connectivity index (χ3n) is 3.22. The number of nitrogens with one attached hydrogen (secondary N) is 1. The van der Waals surface area contributed by atoms with Gasteiger partial charge in [-0.1, -0.05) is 0 Å². The maximum Gasteiger partial charge on any atom is 0.339 e. The van der Waals surface area contributed by atoms with Crippen LogP contribution in [0.5, 0.6) is 5.75 Å². The number of carboxylic acid groups (broad SMARTS) is 1. The van der Waals surface area contributed by atoms with Crippen LogP contribution in [0.3, 0.4) is 0 Å². The average molecular weight is 275 g/mol. The fourth-order valence-corrected chi connectivity index (χ4v) is 2.00. The number of phenols is 1. The van der Waals surface area contributed by atoms with E-state index in [4.69, 9.17) is 5.11 Å². The lowest BCUT2D eigenvalue weighted by atomic mass is 10.1. The summed E-state index contributed by atoms with van der Waals surface area (Å²) in [6.07, 6.45) is 1.80. The molecule has 0 aliphatic heterocycles. The number of rotatable bonds is 5. The van der Waals surface area contributed by atoms with Crippen molar-refractivity contribution in [3.63, 3.8) is 0 Å². The zero-order valence-corrected chi connectivity index (χ0v) is 11.4. The van der Waals surface area contributed by atoms with Gasteiger partial charge in [-0.2, -0.15) is 5.10 Å². The molecule has 0 unspecified atom stereocenters. The van der Waals surface area contributed by atoms with Crippen LogP contribution in [0.4, 0.5) is 5.69 Å². The van der Waals surface area contributed by atoms with Gasteiger partial charge in [-0.05, 0) is 26.0 Å². The summed E-state index contributed by atoms with van der Waals surface area (Å²) in [6.45, 7) is 5.41. The molecule has 0 aliphatic carbocycles. The van der Waals surface area contributed by atoms with Crippen LogP contribution in [0.1, 0.15) is 28.5 Å². The second-order valence-electron chi connectivity index (χ2n) is 4.46. The number of aromatic hydroxyl groups is 1. The Kier molecular flexibility index (Phi) is 3.93. The van der Waals surface area contributed by atoms with Gasteiger partial charge in [-0.25, -0.2) is 4.79 Å². The first-order valence-electron chi connectivity index (χ1n) is 6.34. The van der Waals surface area contributed by atoms with Crippen LogP contribution in [0.15, 0.2) is 24.4 Å². The fourth-order valence-electron chi connectivity index (χ4n) is 2.00. The molecule has 0 radical (unpaired) electrons. The van der Waals surface area contributed by atoms with Crippen molar-refractivity contribution in [2.45, 2.75) is 26.9 Å². The lowest BCUT2D eigenvalue weighted by molar-refractivity contribution is 0.0694. The van der Waals surface area contributed by atoms with E-state index in [1.54, 1.807) is 12.3 Å². The molecule has 0 saturated carbocycles. The minimum absolute atomic E-state index is 0.106. The van der Waals surface area contributed by atoms with E-state index in [1.165, 1.54) is 12.1 Å².